The summed E-state index contributed by atoms with van der Waals surface area (Å²) < 4.78 is 21.9. The van der Waals surface area contributed by atoms with E-state index in [2.05, 4.69) is 31.3 Å². The summed E-state index contributed by atoms with van der Waals surface area (Å²) in [5.41, 5.74) is 1.54. The molecule has 0 aliphatic rings. The first-order valence-electron chi connectivity index (χ1n) is 9.57. The van der Waals surface area contributed by atoms with Crippen LogP contribution in [0.2, 0.25) is 0 Å². The first-order valence-corrected chi connectivity index (χ1v) is 10.4. The molecule has 0 aliphatic carbocycles. The molecule has 0 saturated carbocycles. The van der Waals surface area contributed by atoms with Crippen molar-refractivity contribution in [3.8, 4) is 22.8 Å². The van der Waals surface area contributed by atoms with Crippen molar-refractivity contribution in [2.75, 3.05) is 11.9 Å². The number of anilines is 1. The molecule has 3 aromatic carbocycles. The van der Waals surface area contributed by atoms with Gasteiger partial charge in [0.05, 0.1) is 18.0 Å². The van der Waals surface area contributed by atoms with Crippen LogP contribution < -0.4 is 10.1 Å². The molecule has 156 valence electrons. The lowest BCUT2D eigenvalue weighted by atomic mass is 10.2. The summed E-state index contributed by atoms with van der Waals surface area (Å²) in [6, 6.07) is 20.8. The molecule has 31 heavy (non-hydrogen) atoms. The van der Waals surface area contributed by atoms with Crippen LogP contribution in [0, 0.1) is 5.82 Å². The number of rotatable bonds is 6. The first kappa shape index (κ1) is 20.7. The minimum Gasteiger partial charge on any atom is -0.494 e. The number of benzene rings is 3. The molecule has 0 aliphatic heterocycles. The van der Waals surface area contributed by atoms with Gasteiger partial charge in [0.1, 0.15) is 11.6 Å². The number of hydrogen-bond donors (Lipinski definition) is 1. The Morgan fingerprint density at radius 3 is 2.45 bits per heavy atom. The van der Waals surface area contributed by atoms with E-state index < -0.39 is 11.7 Å². The zero-order chi connectivity index (χ0) is 21.8. The lowest BCUT2D eigenvalue weighted by Crippen LogP contribution is -2.15. The third kappa shape index (κ3) is 4.64. The van der Waals surface area contributed by atoms with Crippen molar-refractivity contribution < 1.29 is 13.9 Å². The molecule has 0 spiro atoms. The maximum atomic E-state index is 13.9. The van der Waals surface area contributed by atoms with Gasteiger partial charge in [-0.05, 0) is 55.5 Å². The Morgan fingerprint density at radius 1 is 1.06 bits per heavy atom. The summed E-state index contributed by atoms with van der Waals surface area (Å²) in [6.45, 7) is 2.48. The SMILES string of the molecule is CCOc1ccc(-n2nc(C(=O)Nc3ccccc3F)nc2-c2ccc(Br)cc2)cc1. The number of aromatic nitrogens is 3. The predicted octanol–water partition coefficient (Wildman–Crippen LogP) is 5.49. The molecule has 0 saturated heterocycles. The van der Waals surface area contributed by atoms with Crippen LogP contribution in [0.5, 0.6) is 5.75 Å². The predicted molar refractivity (Wildman–Crippen MR) is 120 cm³/mol. The molecule has 0 radical (unpaired) electrons. The van der Waals surface area contributed by atoms with Gasteiger partial charge in [0.15, 0.2) is 5.82 Å². The van der Waals surface area contributed by atoms with Crippen molar-refractivity contribution in [3.63, 3.8) is 0 Å². The number of nitrogens with one attached hydrogen (secondary N) is 1. The van der Waals surface area contributed by atoms with E-state index in [1.807, 2.05) is 55.5 Å². The van der Waals surface area contributed by atoms with Gasteiger partial charge in [0.25, 0.3) is 5.91 Å². The van der Waals surface area contributed by atoms with Gasteiger partial charge in [-0.15, -0.1) is 5.10 Å². The quantitative estimate of drug-likeness (QED) is 0.396. The Labute approximate surface area is 186 Å². The second-order valence-corrected chi connectivity index (χ2v) is 7.45. The fraction of sp³-hybridized carbons (Fsp3) is 0.0870. The molecule has 1 aromatic heterocycles. The van der Waals surface area contributed by atoms with Crippen LogP contribution >= 0.6 is 15.9 Å². The van der Waals surface area contributed by atoms with Crippen LogP contribution in [0.4, 0.5) is 10.1 Å². The minimum absolute atomic E-state index is 0.0649. The summed E-state index contributed by atoms with van der Waals surface area (Å²) in [7, 11) is 0. The molecule has 6 nitrogen and oxygen atoms in total. The lowest BCUT2D eigenvalue weighted by molar-refractivity contribution is 0.101. The molecule has 8 heteroatoms. The van der Waals surface area contributed by atoms with Gasteiger partial charge < -0.3 is 10.1 Å². The second kappa shape index (κ2) is 9.09. The largest absolute Gasteiger partial charge is 0.494 e. The zero-order valence-corrected chi connectivity index (χ0v) is 18.1. The Bertz CT molecular complexity index is 1210. The third-order valence-electron chi connectivity index (χ3n) is 4.43. The standard InChI is InChI=1S/C23H18BrFN4O2/c1-2-31-18-13-11-17(12-14-18)29-22(15-7-9-16(24)10-8-15)27-21(28-29)23(30)26-20-6-4-3-5-19(20)25/h3-14H,2H2,1H3,(H,26,30). The highest BCUT2D eigenvalue weighted by molar-refractivity contribution is 9.10. The molecule has 0 atom stereocenters. The van der Waals surface area contributed by atoms with E-state index in [1.54, 1.807) is 16.8 Å². The van der Waals surface area contributed by atoms with Crippen molar-refractivity contribution in [1.82, 2.24) is 14.8 Å². The Hall–Kier alpha value is -3.52. The van der Waals surface area contributed by atoms with Gasteiger partial charge >= 0.3 is 0 Å². The molecule has 4 aromatic rings. The average molecular weight is 481 g/mol. The maximum absolute atomic E-state index is 13.9. The zero-order valence-electron chi connectivity index (χ0n) is 16.5. The molecule has 1 heterocycles. The van der Waals surface area contributed by atoms with Crippen LogP contribution in [-0.2, 0) is 0 Å². The summed E-state index contributed by atoms with van der Waals surface area (Å²) in [5, 5.41) is 6.92. The molecule has 0 unspecified atom stereocenters. The molecule has 1 amide bonds. The van der Waals surface area contributed by atoms with Crippen LogP contribution in [0.1, 0.15) is 17.5 Å². The van der Waals surface area contributed by atoms with Gasteiger partial charge in [-0.1, -0.05) is 40.2 Å². The van der Waals surface area contributed by atoms with Gasteiger partial charge in [-0.25, -0.2) is 14.1 Å². The number of hydrogen-bond acceptors (Lipinski definition) is 4. The topological polar surface area (TPSA) is 69.0 Å². The number of carbonyl (C=O) groups is 1. The van der Waals surface area contributed by atoms with E-state index in [4.69, 9.17) is 4.74 Å². The maximum Gasteiger partial charge on any atom is 0.295 e. The Balaban J connectivity index is 1.73. The van der Waals surface area contributed by atoms with Crippen LogP contribution in [0.3, 0.4) is 0 Å². The van der Waals surface area contributed by atoms with Crippen molar-refractivity contribution in [2.45, 2.75) is 6.92 Å². The fourth-order valence-corrected chi connectivity index (χ4v) is 3.23. The summed E-state index contributed by atoms with van der Waals surface area (Å²) in [4.78, 5) is 17.2. The van der Waals surface area contributed by atoms with Crippen LogP contribution in [0.25, 0.3) is 17.1 Å². The van der Waals surface area contributed by atoms with Crippen LogP contribution in [0.15, 0.2) is 77.3 Å². The van der Waals surface area contributed by atoms with Gasteiger partial charge in [-0.3, -0.25) is 4.79 Å². The number of carbonyl (C=O) groups excluding carboxylic acids is 1. The van der Waals surface area contributed by atoms with E-state index in [-0.39, 0.29) is 11.5 Å². The van der Waals surface area contributed by atoms with Gasteiger partial charge in [0, 0.05) is 10.0 Å². The van der Waals surface area contributed by atoms with Gasteiger partial charge in [0.2, 0.25) is 5.82 Å². The number of halogens is 2. The van der Waals surface area contributed by atoms with Crippen molar-refractivity contribution >= 4 is 27.5 Å². The number of para-hydroxylation sites is 1. The summed E-state index contributed by atoms with van der Waals surface area (Å²) >= 11 is 3.42. The van der Waals surface area contributed by atoms with Crippen molar-refractivity contribution in [2.24, 2.45) is 0 Å². The molecule has 4 rings (SSSR count). The molecule has 0 fully saturated rings. The van der Waals surface area contributed by atoms with Crippen molar-refractivity contribution in [1.29, 1.82) is 0 Å². The van der Waals surface area contributed by atoms with E-state index in [0.29, 0.717) is 18.1 Å². The van der Waals surface area contributed by atoms with Crippen LogP contribution in [-0.4, -0.2) is 27.3 Å². The first-order chi connectivity index (χ1) is 15.0. The molecule has 1 N–H and O–H groups in total. The summed E-state index contributed by atoms with van der Waals surface area (Å²) in [5.74, 6) is 0.00236. The normalized spacial score (nSPS) is 10.7. The molecular weight excluding hydrogens is 463 g/mol. The Kier molecular flexibility index (Phi) is 6.08. The molecule has 0 bridgehead atoms. The number of ether oxygens (including phenoxy) is 1. The highest BCUT2D eigenvalue weighted by Gasteiger charge is 2.20. The summed E-state index contributed by atoms with van der Waals surface area (Å²) in [6.07, 6.45) is 0. The highest BCUT2D eigenvalue weighted by atomic mass is 79.9. The average Bonchev–Trinajstić information content (AvgIpc) is 3.22. The minimum atomic E-state index is -0.604. The van der Waals surface area contributed by atoms with Crippen molar-refractivity contribution in [3.05, 3.63) is 88.9 Å². The second-order valence-electron chi connectivity index (χ2n) is 6.54. The smallest absolute Gasteiger partial charge is 0.295 e. The van der Waals surface area contributed by atoms with Gasteiger partial charge in [-0.2, -0.15) is 0 Å². The highest BCUT2D eigenvalue weighted by Crippen LogP contribution is 2.25. The number of amides is 1. The fourth-order valence-electron chi connectivity index (χ4n) is 2.97. The lowest BCUT2D eigenvalue weighted by Gasteiger charge is -2.08. The monoisotopic (exact) mass is 480 g/mol. The van der Waals surface area contributed by atoms with E-state index in [1.165, 1.54) is 12.1 Å². The van der Waals surface area contributed by atoms with E-state index in [9.17, 15) is 9.18 Å². The van der Waals surface area contributed by atoms with E-state index in [0.717, 1.165) is 15.8 Å². The Morgan fingerprint density at radius 2 is 1.77 bits per heavy atom. The van der Waals surface area contributed by atoms with E-state index >= 15 is 0 Å². The number of nitrogens with zero attached hydrogens (tertiary/aromatic N) is 3. The third-order valence-corrected chi connectivity index (χ3v) is 4.96. The molecular formula is C23H18BrFN4O2.